The molecule has 1 saturated heterocycles. The van der Waals surface area contributed by atoms with Crippen molar-refractivity contribution in [3.63, 3.8) is 0 Å². The van der Waals surface area contributed by atoms with Gasteiger partial charge < -0.3 is 10.6 Å². The molecule has 1 aromatic carbocycles. The lowest BCUT2D eigenvalue weighted by atomic mass is 9.95. The van der Waals surface area contributed by atoms with Crippen LogP contribution in [-0.2, 0) is 12.8 Å². The average Bonchev–Trinajstić information content (AvgIpc) is 3.19. The lowest BCUT2D eigenvalue weighted by Crippen LogP contribution is -2.33. The molecule has 1 aromatic heterocycles. The highest BCUT2D eigenvalue weighted by Crippen LogP contribution is 2.29. The first-order chi connectivity index (χ1) is 11.2. The summed E-state index contributed by atoms with van der Waals surface area (Å²) in [4.78, 5) is 14.8. The van der Waals surface area contributed by atoms with Crippen LogP contribution in [0.1, 0.15) is 46.1 Å². The second-order valence-corrected chi connectivity index (χ2v) is 6.63. The van der Waals surface area contributed by atoms with Gasteiger partial charge in [-0.3, -0.25) is 9.89 Å². The first-order valence-corrected chi connectivity index (χ1v) is 8.40. The predicted octanol–water partition coefficient (Wildman–Crippen LogP) is 1.86. The van der Waals surface area contributed by atoms with Gasteiger partial charge in [0.15, 0.2) is 5.69 Å². The molecule has 1 amide bonds. The molecule has 120 valence electrons. The summed E-state index contributed by atoms with van der Waals surface area (Å²) < 4.78 is 0. The van der Waals surface area contributed by atoms with Gasteiger partial charge in [-0.05, 0) is 31.2 Å². The van der Waals surface area contributed by atoms with E-state index in [1.807, 2.05) is 23.1 Å². The van der Waals surface area contributed by atoms with E-state index >= 15 is 0 Å². The molecule has 0 spiro atoms. The van der Waals surface area contributed by atoms with E-state index in [1.165, 1.54) is 12.0 Å². The number of aromatic amines is 1. The molecule has 0 radical (unpaired) electrons. The molecule has 3 N–H and O–H groups in total. The number of amides is 1. The Bertz CT molecular complexity index is 709. The maximum atomic E-state index is 12.9. The Morgan fingerprint density at radius 2 is 1.96 bits per heavy atom. The number of rotatable bonds is 2. The summed E-state index contributed by atoms with van der Waals surface area (Å²) in [5.41, 5.74) is 10.4. The highest BCUT2D eigenvalue weighted by Gasteiger charge is 2.36. The molecule has 2 aliphatic rings. The first kappa shape index (κ1) is 14.5. The van der Waals surface area contributed by atoms with E-state index in [9.17, 15) is 4.79 Å². The quantitative estimate of drug-likeness (QED) is 0.889. The Kier molecular flexibility index (Phi) is 3.65. The van der Waals surface area contributed by atoms with E-state index in [2.05, 4.69) is 22.3 Å². The van der Waals surface area contributed by atoms with Crippen molar-refractivity contribution in [1.82, 2.24) is 15.1 Å². The molecule has 5 nitrogen and oxygen atoms in total. The third kappa shape index (κ3) is 2.55. The van der Waals surface area contributed by atoms with Crippen LogP contribution in [0.3, 0.4) is 0 Å². The predicted molar refractivity (Wildman–Crippen MR) is 88.3 cm³/mol. The van der Waals surface area contributed by atoms with Gasteiger partial charge >= 0.3 is 0 Å². The molecule has 23 heavy (non-hydrogen) atoms. The maximum absolute atomic E-state index is 12.9. The molecule has 2 atom stereocenters. The summed E-state index contributed by atoms with van der Waals surface area (Å²) in [6.45, 7) is 1.27. The number of nitrogens with one attached hydrogen (secondary N) is 1. The van der Waals surface area contributed by atoms with Crippen LogP contribution in [0.15, 0.2) is 30.3 Å². The number of hydrogen-bond donors (Lipinski definition) is 2. The Balaban J connectivity index is 1.55. The van der Waals surface area contributed by atoms with Gasteiger partial charge in [0.2, 0.25) is 0 Å². The van der Waals surface area contributed by atoms with Crippen molar-refractivity contribution in [3.05, 3.63) is 52.8 Å². The molecule has 2 unspecified atom stereocenters. The van der Waals surface area contributed by atoms with Crippen molar-refractivity contribution in [2.24, 2.45) is 5.73 Å². The fourth-order valence-corrected chi connectivity index (χ4v) is 3.86. The van der Waals surface area contributed by atoms with Gasteiger partial charge in [-0.15, -0.1) is 0 Å². The Hall–Kier alpha value is -2.14. The molecule has 0 saturated carbocycles. The number of aromatic nitrogens is 2. The largest absolute Gasteiger partial charge is 0.335 e. The Labute approximate surface area is 135 Å². The standard InChI is InChI=1S/C18H22N4O/c19-15-11-22(10-14(15)12-6-2-1-3-7-12)18(23)17-13-8-4-5-9-16(13)20-21-17/h1-3,6-7,14-15H,4-5,8-11,19H2,(H,20,21). The van der Waals surface area contributed by atoms with E-state index in [4.69, 9.17) is 5.73 Å². The molecule has 2 aromatic rings. The van der Waals surface area contributed by atoms with E-state index in [0.717, 1.165) is 30.5 Å². The molecule has 2 heterocycles. The summed E-state index contributed by atoms with van der Waals surface area (Å²) in [6, 6.07) is 10.2. The second-order valence-electron chi connectivity index (χ2n) is 6.63. The van der Waals surface area contributed by atoms with E-state index in [0.29, 0.717) is 18.8 Å². The molecule has 0 bridgehead atoms. The molecule has 5 heteroatoms. The lowest BCUT2D eigenvalue weighted by molar-refractivity contribution is 0.0782. The molecule has 1 aliphatic carbocycles. The summed E-state index contributed by atoms with van der Waals surface area (Å²) in [5.74, 6) is 0.230. The summed E-state index contributed by atoms with van der Waals surface area (Å²) in [7, 11) is 0. The van der Waals surface area contributed by atoms with Crippen molar-refractivity contribution in [2.75, 3.05) is 13.1 Å². The molecular formula is C18H22N4O. The van der Waals surface area contributed by atoms with Crippen LogP contribution >= 0.6 is 0 Å². The second kappa shape index (κ2) is 5.81. The van der Waals surface area contributed by atoms with Crippen molar-refractivity contribution < 1.29 is 4.79 Å². The van der Waals surface area contributed by atoms with Crippen LogP contribution in [0.4, 0.5) is 0 Å². The Morgan fingerprint density at radius 1 is 1.17 bits per heavy atom. The van der Waals surface area contributed by atoms with Crippen molar-refractivity contribution in [3.8, 4) is 0 Å². The van der Waals surface area contributed by atoms with Gasteiger partial charge in [0.25, 0.3) is 5.91 Å². The highest BCUT2D eigenvalue weighted by atomic mass is 16.2. The average molecular weight is 310 g/mol. The number of carbonyl (C=O) groups excluding carboxylic acids is 1. The zero-order chi connectivity index (χ0) is 15.8. The zero-order valence-corrected chi connectivity index (χ0v) is 13.2. The number of nitrogens with zero attached hydrogens (tertiary/aromatic N) is 2. The fraction of sp³-hybridized carbons (Fsp3) is 0.444. The monoisotopic (exact) mass is 310 g/mol. The smallest absolute Gasteiger partial charge is 0.274 e. The highest BCUT2D eigenvalue weighted by molar-refractivity contribution is 5.94. The van der Waals surface area contributed by atoms with Crippen LogP contribution in [-0.4, -0.2) is 40.1 Å². The van der Waals surface area contributed by atoms with E-state index in [-0.39, 0.29) is 17.9 Å². The number of aryl methyl sites for hydroxylation is 1. The van der Waals surface area contributed by atoms with Crippen molar-refractivity contribution >= 4 is 5.91 Å². The number of carbonyl (C=O) groups is 1. The first-order valence-electron chi connectivity index (χ1n) is 8.40. The van der Waals surface area contributed by atoms with Crippen LogP contribution < -0.4 is 5.73 Å². The van der Waals surface area contributed by atoms with Crippen LogP contribution in [0, 0.1) is 0 Å². The van der Waals surface area contributed by atoms with Gasteiger partial charge in [-0.1, -0.05) is 30.3 Å². The van der Waals surface area contributed by atoms with Crippen LogP contribution in [0.25, 0.3) is 0 Å². The van der Waals surface area contributed by atoms with Crippen LogP contribution in [0.5, 0.6) is 0 Å². The number of fused-ring (bicyclic) bond motifs is 1. The van der Waals surface area contributed by atoms with Gasteiger partial charge in [0.05, 0.1) is 0 Å². The zero-order valence-electron chi connectivity index (χ0n) is 13.2. The van der Waals surface area contributed by atoms with Gasteiger partial charge in [-0.25, -0.2) is 0 Å². The summed E-state index contributed by atoms with van der Waals surface area (Å²) >= 11 is 0. The maximum Gasteiger partial charge on any atom is 0.274 e. The molecule has 4 rings (SSSR count). The third-order valence-corrected chi connectivity index (χ3v) is 5.14. The minimum Gasteiger partial charge on any atom is -0.335 e. The molecule has 1 fully saturated rings. The number of likely N-dealkylation sites (tertiary alicyclic amines) is 1. The van der Waals surface area contributed by atoms with Crippen molar-refractivity contribution in [2.45, 2.75) is 37.6 Å². The number of nitrogens with two attached hydrogens (primary N) is 1. The number of hydrogen-bond acceptors (Lipinski definition) is 3. The van der Waals surface area contributed by atoms with Crippen LogP contribution in [0.2, 0.25) is 0 Å². The number of benzene rings is 1. The SMILES string of the molecule is NC1CN(C(=O)c2n[nH]c3c2CCCC3)CC1c1ccccc1. The fourth-order valence-electron chi connectivity index (χ4n) is 3.86. The molecular weight excluding hydrogens is 288 g/mol. The third-order valence-electron chi connectivity index (χ3n) is 5.14. The van der Waals surface area contributed by atoms with Gasteiger partial charge in [0.1, 0.15) is 0 Å². The van der Waals surface area contributed by atoms with Gasteiger partial charge in [0, 0.05) is 36.3 Å². The van der Waals surface area contributed by atoms with E-state index < -0.39 is 0 Å². The molecule has 1 aliphatic heterocycles. The summed E-state index contributed by atoms with van der Waals surface area (Å²) in [5, 5.41) is 7.36. The minimum absolute atomic E-state index is 0.0175. The lowest BCUT2D eigenvalue weighted by Gasteiger charge is -2.17. The van der Waals surface area contributed by atoms with Gasteiger partial charge in [-0.2, -0.15) is 5.10 Å². The summed E-state index contributed by atoms with van der Waals surface area (Å²) in [6.07, 6.45) is 4.27. The number of H-pyrrole nitrogens is 1. The van der Waals surface area contributed by atoms with Crippen molar-refractivity contribution in [1.29, 1.82) is 0 Å². The Morgan fingerprint density at radius 3 is 2.78 bits per heavy atom. The normalized spacial score (nSPS) is 23.8. The van der Waals surface area contributed by atoms with E-state index in [1.54, 1.807) is 0 Å². The minimum atomic E-state index is -0.0175. The topological polar surface area (TPSA) is 75.0 Å².